The molecule has 0 spiro atoms. The fourth-order valence-electron chi connectivity index (χ4n) is 2.86. The van der Waals surface area contributed by atoms with Gasteiger partial charge in [0.25, 0.3) is 0 Å². The van der Waals surface area contributed by atoms with Crippen molar-refractivity contribution in [1.29, 1.82) is 0 Å². The minimum atomic E-state index is -3.41. The topological polar surface area (TPSA) is 49.4 Å². The Hall–Kier alpha value is -0.880. The molecular weight excluding hydrogens is 320 g/mol. The first-order valence-corrected chi connectivity index (χ1v) is 9.62. The maximum Gasteiger partial charge on any atom is 0.233 e. The first-order valence-electron chi connectivity index (χ1n) is 7.70. The van der Waals surface area contributed by atoms with Crippen LogP contribution < -0.4 is 4.72 Å². The van der Waals surface area contributed by atoms with E-state index in [-0.39, 0.29) is 0 Å². The lowest BCUT2D eigenvalue weighted by atomic mass is 10.1. The summed E-state index contributed by atoms with van der Waals surface area (Å²) in [4.78, 5) is 2.48. The number of rotatable bonds is 6. The van der Waals surface area contributed by atoms with Crippen LogP contribution in [0.25, 0.3) is 6.08 Å². The second-order valence-electron chi connectivity index (χ2n) is 6.10. The van der Waals surface area contributed by atoms with E-state index in [4.69, 9.17) is 11.6 Å². The van der Waals surface area contributed by atoms with Gasteiger partial charge in [-0.25, -0.2) is 13.1 Å². The second-order valence-corrected chi connectivity index (χ2v) is 8.16. The lowest BCUT2D eigenvalue weighted by Gasteiger charge is -2.14. The Morgan fingerprint density at radius 3 is 2.77 bits per heavy atom. The van der Waals surface area contributed by atoms with Crippen molar-refractivity contribution >= 4 is 27.7 Å². The van der Waals surface area contributed by atoms with Crippen molar-refractivity contribution in [3.05, 3.63) is 40.3 Å². The van der Waals surface area contributed by atoms with Crippen LogP contribution in [0, 0.1) is 5.92 Å². The normalized spacial score (nSPS) is 23.4. The van der Waals surface area contributed by atoms with Gasteiger partial charge in [0.1, 0.15) is 0 Å². The van der Waals surface area contributed by atoms with Gasteiger partial charge in [-0.3, -0.25) is 0 Å². The zero-order chi connectivity index (χ0) is 15.6. The molecule has 4 nitrogen and oxygen atoms in total. The van der Waals surface area contributed by atoms with Crippen molar-refractivity contribution in [3.63, 3.8) is 0 Å². The molecule has 0 unspecified atom stereocenters. The van der Waals surface area contributed by atoms with Gasteiger partial charge in [-0.1, -0.05) is 29.8 Å². The van der Waals surface area contributed by atoms with Crippen LogP contribution in [0.4, 0.5) is 0 Å². The molecule has 1 heterocycles. The smallest absolute Gasteiger partial charge is 0.233 e. The highest BCUT2D eigenvalue weighted by Crippen LogP contribution is 2.31. The van der Waals surface area contributed by atoms with Crippen molar-refractivity contribution < 1.29 is 8.42 Å². The molecule has 1 N–H and O–H groups in total. The molecule has 1 aromatic carbocycles. The number of halogens is 1. The molecule has 2 aliphatic rings. The van der Waals surface area contributed by atoms with Gasteiger partial charge < -0.3 is 4.90 Å². The Labute approximate surface area is 137 Å². The second kappa shape index (κ2) is 6.71. The molecule has 120 valence electrons. The summed E-state index contributed by atoms with van der Waals surface area (Å²) in [5, 5.41) is 1.74. The summed E-state index contributed by atoms with van der Waals surface area (Å²) in [6.07, 6.45) is 5.22. The molecule has 0 bridgehead atoms. The van der Waals surface area contributed by atoms with Crippen LogP contribution in [0.5, 0.6) is 0 Å². The molecule has 1 aromatic rings. The third-order valence-corrected chi connectivity index (χ3v) is 5.69. The Kier molecular flexibility index (Phi) is 4.88. The van der Waals surface area contributed by atoms with E-state index in [0.29, 0.717) is 23.0 Å². The minimum Gasteiger partial charge on any atom is -0.300 e. The molecular formula is C16H21ClN2O2S. The zero-order valence-electron chi connectivity index (χ0n) is 12.4. The third kappa shape index (κ3) is 4.32. The summed E-state index contributed by atoms with van der Waals surface area (Å²) >= 11 is 6.01. The maximum absolute atomic E-state index is 12.0. The highest BCUT2D eigenvalue weighted by Gasteiger charge is 2.34. The summed E-state index contributed by atoms with van der Waals surface area (Å²) in [7, 11) is -3.41. The monoisotopic (exact) mass is 340 g/mol. The summed E-state index contributed by atoms with van der Waals surface area (Å²) in [6, 6.07) is 7.95. The van der Waals surface area contributed by atoms with Crippen LogP contribution in [0.15, 0.2) is 29.7 Å². The molecule has 1 aliphatic carbocycles. The van der Waals surface area contributed by atoms with Crippen LogP contribution in [0.3, 0.4) is 0 Å². The molecule has 2 fully saturated rings. The summed E-state index contributed by atoms with van der Waals surface area (Å²) in [5.74, 6) is 0.420. The van der Waals surface area contributed by atoms with Crippen molar-refractivity contribution in [3.8, 4) is 0 Å². The molecule has 1 saturated carbocycles. The van der Waals surface area contributed by atoms with E-state index in [0.717, 1.165) is 25.6 Å². The number of nitrogens with zero attached hydrogens (tertiary/aromatic N) is 1. The number of hydrogen-bond acceptors (Lipinski definition) is 3. The third-order valence-electron chi connectivity index (χ3n) is 4.29. The molecule has 0 aromatic heterocycles. The van der Waals surface area contributed by atoms with E-state index in [9.17, 15) is 8.42 Å². The van der Waals surface area contributed by atoms with E-state index in [2.05, 4.69) is 9.62 Å². The van der Waals surface area contributed by atoms with Gasteiger partial charge in [0.05, 0.1) is 0 Å². The highest BCUT2D eigenvalue weighted by atomic mass is 35.5. The van der Waals surface area contributed by atoms with Crippen LogP contribution in [0.1, 0.15) is 24.8 Å². The van der Waals surface area contributed by atoms with Crippen LogP contribution in [-0.2, 0) is 10.0 Å². The average Bonchev–Trinajstić information content (AvgIpc) is 3.23. The summed E-state index contributed by atoms with van der Waals surface area (Å²) in [6.45, 7) is 2.63. The zero-order valence-corrected chi connectivity index (χ0v) is 14.0. The Morgan fingerprint density at radius 2 is 2.05 bits per heavy atom. The average molecular weight is 341 g/mol. The van der Waals surface area contributed by atoms with Gasteiger partial charge in [-0.2, -0.15) is 0 Å². The molecule has 3 rings (SSSR count). The van der Waals surface area contributed by atoms with Crippen molar-refractivity contribution in [1.82, 2.24) is 9.62 Å². The molecule has 0 amide bonds. The van der Waals surface area contributed by atoms with Crippen molar-refractivity contribution in [2.75, 3.05) is 19.6 Å². The van der Waals surface area contributed by atoms with E-state index in [1.807, 2.05) is 12.1 Å². The maximum atomic E-state index is 12.0. The van der Waals surface area contributed by atoms with E-state index in [1.54, 1.807) is 12.1 Å². The van der Waals surface area contributed by atoms with E-state index in [1.165, 1.54) is 24.3 Å². The number of hydrogen-bond donors (Lipinski definition) is 1. The first kappa shape index (κ1) is 16.0. The number of likely N-dealkylation sites (tertiary alicyclic amines) is 1. The van der Waals surface area contributed by atoms with Gasteiger partial charge in [0.2, 0.25) is 10.0 Å². The van der Waals surface area contributed by atoms with Gasteiger partial charge in [0, 0.05) is 29.6 Å². The standard InChI is InChI=1S/C16H21ClN2O2S/c17-16-4-2-1-3-14(16)8-10-22(20,21)18-11-13-7-9-19(12-13)15-5-6-15/h1-4,8,10,13,15,18H,5-7,9,11-12H2/b10-8+/t13-/m1/s1. The molecule has 0 radical (unpaired) electrons. The predicted molar refractivity (Wildman–Crippen MR) is 90.1 cm³/mol. The molecule has 1 aliphatic heterocycles. The Bertz CT molecular complexity index is 656. The van der Waals surface area contributed by atoms with E-state index >= 15 is 0 Å². The Morgan fingerprint density at radius 1 is 1.27 bits per heavy atom. The minimum absolute atomic E-state index is 0.420. The quantitative estimate of drug-likeness (QED) is 0.866. The SMILES string of the molecule is O=S(=O)(/C=C/c1ccccc1Cl)NC[C@H]1CCN(C2CC2)C1. The van der Waals surface area contributed by atoms with Gasteiger partial charge in [-0.05, 0) is 49.4 Å². The van der Waals surface area contributed by atoms with E-state index < -0.39 is 10.0 Å². The van der Waals surface area contributed by atoms with Crippen LogP contribution >= 0.6 is 11.6 Å². The highest BCUT2D eigenvalue weighted by molar-refractivity contribution is 7.92. The fraction of sp³-hybridized carbons (Fsp3) is 0.500. The molecule has 22 heavy (non-hydrogen) atoms. The molecule has 1 atom stereocenters. The fourth-order valence-corrected chi connectivity index (χ4v) is 3.94. The first-order chi connectivity index (χ1) is 10.5. The summed E-state index contributed by atoms with van der Waals surface area (Å²) < 4.78 is 26.8. The molecule has 6 heteroatoms. The number of sulfonamides is 1. The van der Waals surface area contributed by atoms with Gasteiger partial charge >= 0.3 is 0 Å². The number of nitrogens with one attached hydrogen (secondary N) is 1. The lowest BCUT2D eigenvalue weighted by Crippen LogP contribution is -2.30. The van der Waals surface area contributed by atoms with Crippen LogP contribution in [-0.4, -0.2) is 39.0 Å². The van der Waals surface area contributed by atoms with Crippen LogP contribution in [0.2, 0.25) is 5.02 Å². The number of benzene rings is 1. The van der Waals surface area contributed by atoms with Crippen molar-refractivity contribution in [2.45, 2.75) is 25.3 Å². The lowest BCUT2D eigenvalue weighted by molar-refractivity contribution is 0.314. The largest absolute Gasteiger partial charge is 0.300 e. The van der Waals surface area contributed by atoms with Gasteiger partial charge in [0.15, 0.2) is 0 Å². The molecule has 1 saturated heterocycles. The predicted octanol–water partition coefficient (Wildman–Crippen LogP) is 2.71. The van der Waals surface area contributed by atoms with Crippen molar-refractivity contribution in [2.24, 2.45) is 5.92 Å². The summed E-state index contributed by atoms with van der Waals surface area (Å²) in [5.41, 5.74) is 0.704. The van der Waals surface area contributed by atoms with Gasteiger partial charge in [-0.15, -0.1) is 0 Å². The Balaban J connectivity index is 1.52.